The minimum Gasteiger partial charge on any atom is -0.463 e. The number of furan rings is 1. The predicted octanol–water partition coefficient (Wildman–Crippen LogP) is 2.96. The first-order valence-electron chi connectivity index (χ1n) is 9.01. The van der Waals surface area contributed by atoms with Gasteiger partial charge in [0.15, 0.2) is 5.76 Å². The number of aromatic nitrogens is 2. The van der Waals surface area contributed by atoms with Crippen LogP contribution in [0.2, 0.25) is 0 Å². The Morgan fingerprint density at radius 3 is 2.65 bits per heavy atom. The number of benzene rings is 1. The van der Waals surface area contributed by atoms with Crippen LogP contribution in [0.15, 0.2) is 59.2 Å². The molecule has 0 radical (unpaired) electrons. The molecule has 0 bridgehead atoms. The van der Waals surface area contributed by atoms with Gasteiger partial charge in [-0.15, -0.1) is 0 Å². The molecule has 0 saturated carbocycles. The van der Waals surface area contributed by atoms with Gasteiger partial charge in [-0.1, -0.05) is 18.2 Å². The molecule has 1 aliphatic heterocycles. The van der Waals surface area contributed by atoms with Crippen LogP contribution in [-0.2, 0) is 0 Å². The zero-order valence-electron chi connectivity index (χ0n) is 14.6. The lowest BCUT2D eigenvalue weighted by molar-refractivity contribution is 0.0942. The van der Waals surface area contributed by atoms with Crippen LogP contribution in [0.1, 0.15) is 23.3 Å². The zero-order chi connectivity index (χ0) is 17.8. The molecule has 3 aromatic rings. The van der Waals surface area contributed by atoms with E-state index < -0.39 is 0 Å². The SMILES string of the molecule is O=C(NCCN1CCCC1)c1cc(-c2ccco2)nn1-c1ccccc1. The van der Waals surface area contributed by atoms with Gasteiger partial charge in [-0.2, -0.15) is 5.10 Å². The second-order valence-corrected chi connectivity index (χ2v) is 6.44. The highest BCUT2D eigenvalue weighted by molar-refractivity contribution is 5.94. The van der Waals surface area contributed by atoms with E-state index in [1.165, 1.54) is 12.8 Å². The van der Waals surface area contributed by atoms with Crippen molar-refractivity contribution in [3.63, 3.8) is 0 Å². The first-order chi connectivity index (χ1) is 12.8. The highest BCUT2D eigenvalue weighted by atomic mass is 16.3. The summed E-state index contributed by atoms with van der Waals surface area (Å²) in [7, 11) is 0. The van der Waals surface area contributed by atoms with E-state index >= 15 is 0 Å². The van der Waals surface area contributed by atoms with Crippen molar-refractivity contribution < 1.29 is 9.21 Å². The van der Waals surface area contributed by atoms with Crippen LogP contribution in [-0.4, -0.2) is 46.8 Å². The maximum atomic E-state index is 12.8. The Balaban J connectivity index is 1.55. The van der Waals surface area contributed by atoms with E-state index in [1.54, 1.807) is 17.0 Å². The van der Waals surface area contributed by atoms with Crippen molar-refractivity contribution in [1.82, 2.24) is 20.0 Å². The Morgan fingerprint density at radius 2 is 1.92 bits per heavy atom. The Labute approximate surface area is 152 Å². The minimum absolute atomic E-state index is 0.127. The number of nitrogens with one attached hydrogen (secondary N) is 1. The predicted molar refractivity (Wildman–Crippen MR) is 99.3 cm³/mol. The molecule has 26 heavy (non-hydrogen) atoms. The molecule has 6 heteroatoms. The summed E-state index contributed by atoms with van der Waals surface area (Å²) in [6, 6.07) is 15.1. The average Bonchev–Trinajstić information content (AvgIpc) is 3.42. The molecule has 6 nitrogen and oxygen atoms in total. The van der Waals surface area contributed by atoms with Gasteiger partial charge in [0.2, 0.25) is 0 Å². The van der Waals surface area contributed by atoms with Gasteiger partial charge in [0.1, 0.15) is 11.4 Å². The van der Waals surface area contributed by atoms with Crippen molar-refractivity contribution in [2.24, 2.45) is 0 Å². The van der Waals surface area contributed by atoms with Crippen molar-refractivity contribution in [1.29, 1.82) is 0 Å². The van der Waals surface area contributed by atoms with E-state index in [0.717, 1.165) is 25.3 Å². The van der Waals surface area contributed by atoms with Gasteiger partial charge in [-0.05, 0) is 50.2 Å². The van der Waals surface area contributed by atoms with Crippen molar-refractivity contribution in [2.75, 3.05) is 26.2 Å². The third-order valence-corrected chi connectivity index (χ3v) is 4.63. The first-order valence-corrected chi connectivity index (χ1v) is 9.01. The molecule has 1 aliphatic rings. The van der Waals surface area contributed by atoms with Crippen molar-refractivity contribution in [3.05, 3.63) is 60.5 Å². The lowest BCUT2D eigenvalue weighted by Crippen LogP contribution is -2.34. The van der Waals surface area contributed by atoms with Gasteiger partial charge < -0.3 is 14.6 Å². The summed E-state index contributed by atoms with van der Waals surface area (Å²) in [5.41, 5.74) is 1.99. The van der Waals surface area contributed by atoms with Crippen LogP contribution < -0.4 is 5.32 Å². The smallest absolute Gasteiger partial charge is 0.270 e. The number of rotatable bonds is 6. The van der Waals surface area contributed by atoms with Crippen molar-refractivity contribution >= 4 is 5.91 Å². The number of likely N-dealkylation sites (tertiary alicyclic amines) is 1. The summed E-state index contributed by atoms with van der Waals surface area (Å²) < 4.78 is 7.11. The second kappa shape index (κ2) is 7.58. The molecule has 1 aromatic carbocycles. The molecule has 2 aromatic heterocycles. The molecule has 1 fully saturated rings. The van der Waals surface area contributed by atoms with E-state index in [2.05, 4.69) is 15.3 Å². The van der Waals surface area contributed by atoms with Crippen LogP contribution in [0.3, 0.4) is 0 Å². The number of carbonyl (C=O) groups excluding carboxylic acids is 1. The van der Waals surface area contributed by atoms with E-state index in [-0.39, 0.29) is 5.91 Å². The van der Waals surface area contributed by atoms with Crippen LogP contribution in [0.25, 0.3) is 17.1 Å². The second-order valence-electron chi connectivity index (χ2n) is 6.44. The van der Waals surface area contributed by atoms with Gasteiger partial charge in [0.05, 0.1) is 12.0 Å². The maximum Gasteiger partial charge on any atom is 0.270 e. The standard InChI is InChI=1S/C20H22N4O2/c25-20(21-10-13-23-11-4-5-12-23)18-15-17(19-9-6-14-26-19)22-24(18)16-7-2-1-3-8-16/h1-3,6-9,14-15H,4-5,10-13H2,(H,21,25). The topological polar surface area (TPSA) is 63.3 Å². The van der Waals surface area contributed by atoms with E-state index in [1.807, 2.05) is 42.5 Å². The number of hydrogen-bond donors (Lipinski definition) is 1. The van der Waals surface area contributed by atoms with Gasteiger partial charge in [-0.25, -0.2) is 4.68 Å². The Morgan fingerprint density at radius 1 is 1.12 bits per heavy atom. The fourth-order valence-electron chi connectivity index (χ4n) is 3.28. The lowest BCUT2D eigenvalue weighted by Gasteiger charge is -2.15. The third kappa shape index (κ3) is 3.55. The van der Waals surface area contributed by atoms with E-state index in [4.69, 9.17) is 4.42 Å². The molecular formula is C20H22N4O2. The fraction of sp³-hybridized carbons (Fsp3) is 0.300. The van der Waals surface area contributed by atoms with Crippen molar-refractivity contribution in [2.45, 2.75) is 12.8 Å². The van der Waals surface area contributed by atoms with Crippen LogP contribution in [0.4, 0.5) is 0 Å². The summed E-state index contributed by atoms with van der Waals surface area (Å²) in [5.74, 6) is 0.518. The van der Waals surface area contributed by atoms with Gasteiger partial charge in [0, 0.05) is 19.2 Å². The molecule has 0 spiro atoms. The molecule has 134 valence electrons. The molecule has 3 heterocycles. The molecular weight excluding hydrogens is 328 g/mol. The van der Waals surface area contributed by atoms with Crippen LogP contribution in [0.5, 0.6) is 0 Å². The molecule has 0 aliphatic carbocycles. The molecule has 4 rings (SSSR count). The number of hydrogen-bond acceptors (Lipinski definition) is 4. The highest BCUT2D eigenvalue weighted by Crippen LogP contribution is 2.22. The normalized spacial score (nSPS) is 14.6. The monoisotopic (exact) mass is 350 g/mol. The largest absolute Gasteiger partial charge is 0.463 e. The van der Waals surface area contributed by atoms with Gasteiger partial charge in [-0.3, -0.25) is 4.79 Å². The molecule has 1 N–H and O–H groups in total. The molecule has 0 atom stereocenters. The summed E-state index contributed by atoms with van der Waals surface area (Å²) in [6.07, 6.45) is 4.11. The maximum absolute atomic E-state index is 12.8. The number of carbonyl (C=O) groups is 1. The van der Waals surface area contributed by atoms with E-state index in [0.29, 0.717) is 23.7 Å². The lowest BCUT2D eigenvalue weighted by atomic mass is 10.2. The van der Waals surface area contributed by atoms with Gasteiger partial charge >= 0.3 is 0 Å². The summed E-state index contributed by atoms with van der Waals surface area (Å²) in [5, 5.41) is 7.60. The number of amides is 1. The Kier molecular flexibility index (Phi) is 4.84. The molecule has 1 saturated heterocycles. The Bertz CT molecular complexity index is 849. The zero-order valence-corrected chi connectivity index (χ0v) is 14.6. The average molecular weight is 350 g/mol. The third-order valence-electron chi connectivity index (χ3n) is 4.63. The van der Waals surface area contributed by atoms with Crippen molar-refractivity contribution in [3.8, 4) is 17.1 Å². The Hall–Kier alpha value is -2.86. The number of para-hydroxylation sites is 1. The molecule has 0 unspecified atom stereocenters. The van der Waals surface area contributed by atoms with Crippen LogP contribution >= 0.6 is 0 Å². The fourth-order valence-corrected chi connectivity index (χ4v) is 3.28. The number of nitrogens with zero attached hydrogens (tertiary/aromatic N) is 3. The molecule has 1 amide bonds. The first kappa shape index (κ1) is 16.6. The van der Waals surface area contributed by atoms with Crippen LogP contribution in [0, 0.1) is 0 Å². The summed E-state index contributed by atoms with van der Waals surface area (Å²) in [4.78, 5) is 15.2. The van der Waals surface area contributed by atoms with E-state index in [9.17, 15) is 4.79 Å². The highest BCUT2D eigenvalue weighted by Gasteiger charge is 2.19. The summed E-state index contributed by atoms with van der Waals surface area (Å²) >= 11 is 0. The summed E-state index contributed by atoms with van der Waals surface area (Å²) in [6.45, 7) is 3.77. The van der Waals surface area contributed by atoms with Gasteiger partial charge in [0.25, 0.3) is 5.91 Å². The minimum atomic E-state index is -0.127. The quantitative estimate of drug-likeness (QED) is 0.742.